The van der Waals surface area contributed by atoms with Gasteiger partial charge in [-0.15, -0.1) is 0 Å². The fourth-order valence-corrected chi connectivity index (χ4v) is 5.98. The highest BCUT2D eigenvalue weighted by Crippen LogP contribution is 2.46. The van der Waals surface area contributed by atoms with Gasteiger partial charge in [-0.1, -0.05) is 18.2 Å². The molecule has 0 bridgehead atoms. The third kappa shape index (κ3) is 4.52. The lowest BCUT2D eigenvalue weighted by atomic mass is 9.96. The standard InChI is InChI=1S/C31H35N5OS/c1-6-34(7-2)23-15-17-24(18-16-23)35-21(3)20-25(22(35)4)30-29(26-12-10-11-19-32-26)33-31(38)36(30)27-13-8-9-14-28(27)37-5/h8-20,29-30H,6-7H2,1-5H3,(H,33,38)/t29-,30-/m0/s1. The lowest BCUT2D eigenvalue weighted by Gasteiger charge is -2.29. The van der Waals surface area contributed by atoms with Gasteiger partial charge in [0.05, 0.1) is 30.6 Å². The smallest absolute Gasteiger partial charge is 0.174 e. The van der Waals surface area contributed by atoms with Crippen molar-refractivity contribution in [1.29, 1.82) is 0 Å². The van der Waals surface area contributed by atoms with Crippen LogP contribution in [-0.2, 0) is 0 Å². The van der Waals surface area contributed by atoms with E-state index in [-0.39, 0.29) is 12.1 Å². The maximum absolute atomic E-state index is 5.94. The van der Waals surface area contributed by atoms with Gasteiger partial charge in [-0.3, -0.25) is 4.98 Å². The van der Waals surface area contributed by atoms with E-state index in [0.717, 1.165) is 35.9 Å². The number of aromatic nitrogens is 2. The van der Waals surface area contributed by atoms with E-state index in [2.05, 4.69) is 89.8 Å². The number of aryl methyl sites for hydroxylation is 1. The number of nitrogens with zero attached hydrogens (tertiary/aromatic N) is 4. The Morgan fingerprint density at radius 3 is 2.34 bits per heavy atom. The average Bonchev–Trinajstić information content (AvgIpc) is 3.44. The maximum atomic E-state index is 5.94. The molecule has 0 saturated carbocycles. The molecule has 5 rings (SSSR count). The second kappa shape index (κ2) is 10.9. The van der Waals surface area contributed by atoms with Gasteiger partial charge in [-0.05, 0) is 100 Å². The Labute approximate surface area is 230 Å². The zero-order valence-electron chi connectivity index (χ0n) is 22.7. The number of thiocarbonyl (C=S) groups is 1. The molecule has 0 radical (unpaired) electrons. The maximum Gasteiger partial charge on any atom is 0.174 e. The number of ether oxygens (including phenoxy) is 1. The predicted molar refractivity (Wildman–Crippen MR) is 160 cm³/mol. The van der Waals surface area contributed by atoms with Crippen molar-refractivity contribution in [2.45, 2.75) is 39.8 Å². The molecule has 0 amide bonds. The van der Waals surface area contributed by atoms with Crippen molar-refractivity contribution in [2.24, 2.45) is 0 Å². The fraction of sp³-hybridized carbons (Fsp3) is 0.290. The van der Waals surface area contributed by atoms with Crippen LogP contribution < -0.4 is 19.9 Å². The van der Waals surface area contributed by atoms with Crippen molar-refractivity contribution in [2.75, 3.05) is 30.0 Å². The third-order valence-electron chi connectivity index (χ3n) is 7.47. The Kier molecular flexibility index (Phi) is 7.38. The van der Waals surface area contributed by atoms with Gasteiger partial charge in [-0.25, -0.2) is 0 Å². The molecule has 0 spiro atoms. The van der Waals surface area contributed by atoms with E-state index in [4.69, 9.17) is 21.9 Å². The Morgan fingerprint density at radius 2 is 1.68 bits per heavy atom. The first-order valence-electron chi connectivity index (χ1n) is 13.2. The molecule has 1 aliphatic heterocycles. The second-order valence-corrected chi connectivity index (χ2v) is 9.91. The minimum atomic E-state index is -0.118. The van der Waals surface area contributed by atoms with Crippen LogP contribution in [0.15, 0.2) is 79.0 Å². The molecule has 6 nitrogen and oxygen atoms in total. The van der Waals surface area contributed by atoms with E-state index in [1.165, 1.54) is 22.6 Å². The Hall–Kier alpha value is -3.84. The molecule has 0 unspecified atom stereocenters. The van der Waals surface area contributed by atoms with Gasteiger partial charge in [0.15, 0.2) is 5.11 Å². The van der Waals surface area contributed by atoms with Gasteiger partial charge < -0.3 is 24.4 Å². The molecule has 2 aromatic carbocycles. The topological polar surface area (TPSA) is 45.6 Å². The number of para-hydroxylation sites is 2. The van der Waals surface area contributed by atoms with Gasteiger partial charge in [0, 0.05) is 42.0 Å². The number of hydrogen-bond donors (Lipinski definition) is 1. The summed E-state index contributed by atoms with van der Waals surface area (Å²) in [7, 11) is 1.70. The first-order valence-corrected chi connectivity index (χ1v) is 13.6. The SMILES string of the molecule is CCN(CC)c1ccc(-n2c(C)cc([C@H]3[C@H](c4ccccn4)NC(=S)N3c3ccccc3OC)c2C)cc1. The number of anilines is 2. The third-order valence-corrected chi connectivity index (χ3v) is 7.78. The zero-order chi connectivity index (χ0) is 26.8. The van der Waals surface area contributed by atoms with E-state index < -0.39 is 0 Å². The van der Waals surface area contributed by atoms with Crippen LogP contribution in [0.5, 0.6) is 5.75 Å². The first kappa shape index (κ1) is 25.8. The highest BCUT2D eigenvalue weighted by molar-refractivity contribution is 7.80. The minimum absolute atomic E-state index is 0.108. The number of benzene rings is 2. The van der Waals surface area contributed by atoms with Gasteiger partial charge in [-0.2, -0.15) is 0 Å². The number of methoxy groups -OCH3 is 1. The van der Waals surface area contributed by atoms with Gasteiger partial charge >= 0.3 is 0 Å². The molecule has 0 aliphatic carbocycles. The zero-order valence-corrected chi connectivity index (χ0v) is 23.5. The molecule has 38 heavy (non-hydrogen) atoms. The van der Waals surface area contributed by atoms with E-state index >= 15 is 0 Å². The van der Waals surface area contributed by atoms with Crippen molar-refractivity contribution in [3.63, 3.8) is 0 Å². The van der Waals surface area contributed by atoms with Gasteiger partial charge in [0.2, 0.25) is 0 Å². The minimum Gasteiger partial charge on any atom is -0.495 e. The summed E-state index contributed by atoms with van der Waals surface area (Å²) in [6.45, 7) is 10.7. The number of rotatable bonds is 8. The van der Waals surface area contributed by atoms with Gasteiger partial charge in [0.25, 0.3) is 0 Å². The molecular weight excluding hydrogens is 490 g/mol. The molecule has 1 fully saturated rings. The van der Waals surface area contributed by atoms with E-state index in [0.29, 0.717) is 5.11 Å². The van der Waals surface area contributed by atoms with Crippen LogP contribution in [0.4, 0.5) is 11.4 Å². The summed E-state index contributed by atoms with van der Waals surface area (Å²) < 4.78 is 8.09. The van der Waals surface area contributed by atoms with Crippen LogP contribution in [0, 0.1) is 13.8 Å². The molecule has 1 saturated heterocycles. The van der Waals surface area contributed by atoms with Crippen LogP contribution in [-0.4, -0.2) is 34.9 Å². The summed E-state index contributed by atoms with van der Waals surface area (Å²) in [5.74, 6) is 0.782. The molecule has 2 aromatic heterocycles. The highest BCUT2D eigenvalue weighted by atomic mass is 32.1. The average molecular weight is 526 g/mol. The largest absolute Gasteiger partial charge is 0.495 e. The molecule has 2 atom stereocenters. The summed E-state index contributed by atoms with van der Waals surface area (Å²) in [6.07, 6.45) is 1.84. The molecule has 4 aromatic rings. The number of pyridine rings is 1. The summed E-state index contributed by atoms with van der Waals surface area (Å²) in [5, 5.41) is 4.23. The van der Waals surface area contributed by atoms with Crippen LogP contribution >= 0.6 is 12.2 Å². The Morgan fingerprint density at radius 1 is 0.974 bits per heavy atom. The van der Waals surface area contributed by atoms with E-state index in [9.17, 15) is 0 Å². The van der Waals surface area contributed by atoms with Crippen molar-refractivity contribution in [3.05, 3.63) is 102 Å². The summed E-state index contributed by atoms with van der Waals surface area (Å²) in [5.41, 5.74) is 7.82. The fourth-order valence-electron chi connectivity index (χ4n) is 5.64. The number of hydrogen-bond acceptors (Lipinski definition) is 4. The van der Waals surface area contributed by atoms with Crippen LogP contribution in [0.3, 0.4) is 0 Å². The highest BCUT2D eigenvalue weighted by Gasteiger charge is 2.43. The molecule has 1 aliphatic rings. The van der Waals surface area contributed by atoms with Crippen molar-refractivity contribution in [3.8, 4) is 11.4 Å². The lowest BCUT2D eigenvalue weighted by Crippen LogP contribution is -2.30. The van der Waals surface area contributed by atoms with E-state index in [1.54, 1.807) is 7.11 Å². The predicted octanol–water partition coefficient (Wildman–Crippen LogP) is 6.52. The molecule has 3 heterocycles. The summed E-state index contributed by atoms with van der Waals surface area (Å²) >= 11 is 5.94. The quantitative estimate of drug-likeness (QED) is 0.264. The molecule has 7 heteroatoms. The normalized spacial score (nSPS) is 17.0. The van der Waals surface area contributed by atoms with Crippen LogP contribution in [0.1, 0.15) is 48.6 Å². The van der Waals surface area contributed by atoms with Crippen LogP contribution in [0.25, 0.3) is 5.69 Å². The summed E-state index contributed by atoms with van der Waals surface area (Å²) in [4.78, 5) is 9.25. The van der Waals surface area contributed by atoms with Crippen LogP contribution in [0.2, 0.25) is 0 Å². The summed E-state index contributed by atoms with van der Waals surface area (Å²) in [6, 6.07) is 25.0. The Balaban J connectivity index is 1.63. The Bertz CT molecular complexity index is 1410. The molecule has 196 valence electrons. The van der Waals surface area contributed by atoms with Crippen molar-refractivity contribution >= 4 is 28.7 Å². The molecule has 1 N–H and O–H groups in total. The van der Waals surface area contributed by atoms with E-state index in [1.807, 2.05) is 36.5 Å². The lowest BCUT2D eigenvalue weighted by molar-refractivity contribution is 0.414. The second-order valence-electron chi connectivity index (χ2n) is 9.52. The van der Waals surface area contributed by atoms with Crippen molar-refractivity contribution < 1.29 is 4.74 Å². The number of nitrogens with one attached hydrogen (secondary N) is 1. The molecular formula is C31H35N5OS. The van der Waals surface area contributed by atoms with Crippen molar-refractivity contribution in [1.82, 2.24) is 14.9 Å². The monoisotopic (exact) mass is 525 g/mol. The first-order chi connectivity index (χ1) is 18.5. The van der Waals surface area contributed by atoms with Gasteiger partial charge in [0.1, 0.15) is 5.75 Å².